The van der Waals surface area contributed by atoms with Crippen LogP contribution < -0.4 is 19.7 Å². The molecule has 0 saturated heterocycles. The first-order valence-electron chi connectivity index (χ1n) is 14.4. The van der Waals surface area contributed by atoms with Gasteiger partial charge in [-0.1, -0.05) is 48.5 Å². The summed E-state index contributed by atoms with van der Waals surface area (Å²) in [4.78, 5) is 60.0. The van der Waals surface area contributed by atoms with Crippen LogP contribution in [-0.2, 0) is 20.9 Å². The average molecular weight is 621 g/mol. The van der Waals surface area contributed by atoms with Crippen molar-refractivity contribution in [3.63, 3.8) is 0 Å². The van der Waals surface area contributed by atoms with Crippen LogP contribution >= 0.6 is 0 Å². The predicted octanol–water partition coefficient (Wildman–Crippen LogP) is 5.26. The number of para-hydroxylation sites is 2. The molecule has 232 valence electrons. The van der Waals surface area contributed by atoms with Gasteiger partial charge in [0.1, 0.15) is 29.9 Å². The molecule has 46 heavy (non-hydrogen) atoms. The fourth-order valence-corrected chi connectivity index (χ4v) is 5.64. The second-order valence-corrected chi connectivity index (χ2v) is 10.6. The number of ketones is 1. The lowest BCUT2D eigenvalue weighted by molar-refractivity contribution is -0.139. The van der Waals surface area contributed by atoms with Crippen molar-refractivity contribution < 1.29 is 33.0 Å². The third-order valence-corrected chi connectivity index (χ3v) is 7.93. The molecule has 1 unspecified atom stereocenters. The largest absolute Gasteiger partial charge is 0.497 e. The van der Waals surface area contributed by atoms with Gasteiger partial charge in [0.05, 0.1) is 31.2 Å². The lowest BCUT2D eigenvalue weighted by Crippen LogP contribution is -2.46. The second-order valence-electron chi connectivity index (χ2n) is 10.6. The molecular formula is C35H29FN4O6. The summed E-state index contributed by atoms with van der Waals surface area (Å²) in [6.07, 6.45) is 1.63. The van der Waals surface area contributed by atoms with Crippen molar-refractivity contribution in [3.05, 3.63) is 120 Å². The first kappa shape index (κ1) is 30.1. The van der Waals surface area contributed by atoms with Crippen molar-refractivity contribution in [2.75, 3.05) is 31.0 Å². The summed E-state index contributed by atoms with van der Waals surface area (Å²) in [6, 6.07) is 23.1. The van der Waals surface area contributed by atoms with Gasteiger partial charge in [-0.3, -0.25) is 24.1 Å². The molecule has 11 heteroatoms. The number of anilines is 2. The van der Waals surface area contributed by atoms with E-state index < -0.39 is 41.9 Å². The smallest absolute Gasteiger partial charge is 0.299 e. The van der Waals surface area contributed by atoms with Crippen LogP contribution in [0, 0.1) is 5.82 Å². The minimum atomic E-state index is -1.32. The molecule has 1 aromatic heterocycles. The predicted molar refractivity (Wildman–Crippen MR) is 169 cm³/mol. The molecule has 2 heterocycles. The van der Waals surface area contributed by atoms with Gasteiger partial charge >= 0.3 is 0 Å². The number of halogens is 1. The number of hydrogen-bond acceptors (Lipinski definition) is 6. The minimum absolute atomic E-state index is 0.153. The highest BCUT2D eigenvalue weighted by Crippen LogP contribution is 2.35. The number of carbonyl (C=O) groups is 4. The molecule has 0 fully saturated rings. The van der Waals surface area contributed by atoms with E-state index in [1.54, 1.807) is 60.8 Å². The lowest BCUT2D eigenvalue weighted by Gasteiger charge is -2.32. The first-order valence-corrected chi connectivity index (χ1v) is 14.4. The number of fused-ring (bicyclic) bond motifs is 2. The van der Waals surface area contributed by atoms with Crippen LogP contribution in [0.25, 0.3) is 10.9 Å². The van der Waals surface area contributed by atoms with E-state index in [0.29, 0.717) is 33.7 Å². The van der Waals surface area contributed by atoms with Gasteiger partial charge in [-0.25, -0.2) is 4.39 Å². The average Bonchev–Trinajstić information content (AvgIpc) is 3.60. The third-order valence-electron chi connectivity index (χ3n) is 7.93. The summed E-state index contributed by atoms with van der Waals surface area (Å²) < 4.78 is 25.9. The van der Waals surface area contributed by atoms with E-state index >= 15 is 4.39 Å². The van der Waals surface area contributed by atoms with E-state index in [4.69, 9.17) is 9.47 Å². The molecule has 0 radical (unpaired) electrons. The quantitative estimate of drug-likeness (QED) is 0.206. The summed E-state index contributed by atoms with van der Waals surface area (Å²) >= 11 is 0. The van der Waals surface area contributed by atoms with Crippen LogP contribution in [0.4, 0.5) is 15.8 Å². The maximum atomic E-state index is 15.1. The number of nitrogens with zero attached hydrogens (tertiary/aromatic N) is 2. The number of aromatic amines is 1. The number of amides is 3. The third kappa shape index (κ3) is 5.54. The Kier molecular flexibility index (Phi) is 8.21. The van der Waals surface area contributed by atoms with Gasteiger partial charge in [0.2, 0.25) is 5.91 Å². The number of Topliss-reactive ketones (excluding diaryl/α,β-unsaturated/α-hetero) is 1. The Morgan fingerprint density at radius 1 is 0.935 bits per heavy atom. The molecule has 3 amide bonds. The van der Waals surface area contributed by atoms with Gasteiger partial charge in [0.15, 0.2) is 0 Å². The molecule has 4 aromatic carbocycles. The van der Waals surface area contributed by atoms with Crippen LogP contribution in [0.3, 0.4) is 0 Å². The van der Waals surface area contributed by atoms with E-state index in [-0.39, 0.29) is 23.4 Å². The van der Waals surface area contributed by atoms with Crippen molar-refractivity contribution in [1.29, 1.82) is 0 Å². The van der Waals surface area contributed by atoms with Gasteiger partial charge in [-0.05, 0) is 36.4 Å². The normalized spacial score (nSPS) is 13.0. The Bertz CT molecular complexity index is 1990. The molecule has 1 atom stereocenters. The van der Waals surface area contributed by atoms with Gasteiger partial charge in [-0.15, -0.1) is 0 Å². The van der Waals surface area contributed by atoms with Crippen molar-refractivity contribution in [2.24, 2.45) is 0 Å². The zero-order valence-electron chi connectivity index (χ0n) is 25.0. The van der Waals surface area contributed by atoms with Crippen LogP contribution in [-0.4, -0.2) is 54.2 Å². The molecule has 2 N–H and O–H groups in total. The number of aromatic nitrogens is 1. The van der Waals surface area contributed by atoms with E-state index in [1.165, 1.54) is 43.4 Å². The Morgan fingerprint density at radius 3 is 2.46 bits per heavy atom. The topological polar surface area (TPSA) is 121 Å². The van der Waals surface area contributed by atoms with Crippen LogP contribution in [0.2, 0.25) is 0 Å². The van der Waals surface area contributed by atoms with Crippen LogP contribution in [0.1, 0.15) is 27.5 Å². The number of nitrogens with one attached hydrogen (secondary N) is 2. The molecule has 10 nitrogen and oxygen atoms in total. The number of H-pyrrole nitrogens is 1. The van der Waals surface area contributed by atoms with Crippen LogP contribution in [0.5, 0.6) is 11.5 Å². The van der Waals surface area contributed by atoms with Gasteiger partial charge < -0.3 is 24.7 Å². The number of benzene rings is 4. The Hall–Kier alpha value is -5.97. The lowest BCUT2D eigenvalue weighted by atomic mass is 10.0. The SMILES string of the molecule is COc1ccc(NC(=O)C(c2c[nH]c3ccccc23)N(Cc2ccccc2F)C(=O)CN2C(=O)C(=O)c3ccccc32)c(OC)c1. The molecule has 0 bridgehead atoms. The fourth-order valence-electron chi connectivity index (χ4n) is 5.64. The molecule has 5 aromatic rings. The summed E-state index contributed by atoms with van der Waals surface area (Å²) in [7, 11) is 2.95. The Morgan fingerprint density at radius 2 is 1.67 bits per heavy atom. The molecule has 6 rings (SSSR count). The molecule has 1 aliphatic heterocycles. The summed E-state index contributed by atoms with van der Waals surface area (Å²) in [5.74, 6) is -2.67. The van der Waals surface area contributed by atoms with Crippen molar-refractivity contribution in [3.8, 4) is 11.5 Å². The first-order chi connectivity index (χ1) is 22.3. The summed E-state index contributed by atoms with van der Waals surface area (Å²) in [5.41, 5.74) is 2.08. The number of hydrogen-bond donors (Lipinski definition) is 2. The fraction of sp³-hybridized carbons (Fsp3) is 0.143. The summed E-state index contributed by atoms with van der Waals surface area (Å²) in [6.45, 7) is -0.880. The number of ether oxygens (including phenoxy) is 2. The number of rotatable bonds is 10. The monoisotopic (exact) mass is 620 g/mol. The number of methoxy groups -OCH3 is 2. The van der Waals surface area contributed by atoms with Crippen LogP contribution in [0.15, 0.2) is 97.2 Å². The highest BCUT2D eigenvalue weighted by Gasteiger charge is 2.40. The molecular weight excluding hydrogens is 591 g/mol. The van der Waals surface area contributed by atoms with Gasteiger partial charge in [0.25, 0.3) is 17.6 Å². The zero-order valence-corrected chi connectivity index (χ0v) is 25.0. The maximum absolute atomic E-state index is 15.1. The van der Waals surface area contributed by atoms with Gasteiger partial charge in [-0.2, -0.15) is 0 Å². The van der Waals surface area contributed by atoms with E-state index in [9.17, 15) is 19.2 Å². The highest BCUT2D eigenvalue weighted by atomic mass is 19.1. The van der Waals surface area contributed by atoms with E-state index in [2.05, 4.69) is 10.3 Å². The number of carbonyl (C=O) groups excluding carboxylic acids is 4. The maximum Gasteiger partial charge on any atom is 0.299 e. The zero-order chi connectivity index (χ0) is 32.4. The molecule has 0 spiro atoms. The minimum Gasteiger partial charge on any atom is -0.497 e. The van der Waals surface area contributed by atoms with Crippen molar-refractivity contribution in [1.82, 2.24) is 9.88 Å². The van der Waals surface area contributed by atoms with Gasteiger partial charge in [0, 0.05) is 40.8 Å². The van der Waals surface area contributed by atoms with Crippen molar-refractivity contribution in [2.45, 2.75) is 12.6 Å². The van der Waals surface area contributed by atoms with Crippen molar-refractivity contribution >= 4 is 45.8 Å². The Labute approximate surface area is 263 Å². The van der Waals surface area contributed by atoms with E-state index in [1.807, 2.05) is 12.1 Å². The Balaban J connectivity index is 1.46. The summed E-state index contributed by atoms with van der Waals surface area (Å²) in [5, 5.41) is 3.53. The second kappa shape index (κ2) is 12.6. The molecule has 0 saturated carbocycles. The molecule has 1 aliphatic rings. The standard InChI is InChI=1S/C35H29FN4O6/c1-45-22-15-16-28(30(17-22)46-2)38-34(43)32(25-18-37-27-13-7-4-10-23(25)27)40(19-21-9-3-6-12-26(21)36)31(41)20-39-29-14-8-5-11-24(29)33(42)35(39)44/h3-18,32,37H,19-20H2,1-2H3,(H,38,43). The highest BCUT2D eigenvalue weighted by molar-refractivity contribution is 6.52. The molecule has 0 aliphatic carbocycles. The van der Waals surface area contributed by atoms with E-state index in [0.717, 1.165) is 4.90 Å².